The molecule has 2 nitrogen and oxygen atoms in total. The van der Waals surface area contributed by atoms with Crippen molar-refractivity contribution in [2.24, 2.45) is 0 Å². The molecule has 0 atom stereocenters. The third-order valence-electron chi connectivity index (χ3n) is 2.81. The van der Waals surface area contributed by atoms with Gasteiger partial charge < -0.3 is 4.98 Å². The van der Waals surface area contributed by atoms with E-state index in [0.717, 1.165) is 23.5 Å². The normalized spacial score (nSPS) is 10.8. The molecular weight excluding hydrogens is 299 g/mol. The maximum atomic E-state index is 6.20. The second kappa shape index (κ2) is 5.37. The van der Waals surface area contributed by atoms with E-state index in [0.29, 0.717) is 10.0 Å². The van der Waals surface area contributed by atoms with Crippen molar-refractivity contribution in [3.8, 4) is 11.3 Å². The van der Waals surface area contributed by atoms with Crippen LogP contribution in [-0.4, -0.2) is 9.97 Å². The van der Waals surface area contributed by atoms with E-state index in [4.69, 9.17) is 23.2 Å². The zero-order chi connectivity index (χ0) is 13.2. The van der Waals surface area contributed by atoms with Gasteiger partial charge >= 0.3 is 0 Å². The molecule has 3 rings (SSSR count). The summed E-state index contributed by atoms with van der Waals surface area (Å²) in [5.74, 6) is 0.921. The summed E-state index contributed by atoms with van der Waals surface area (Å²) < 4.78 is 0. The van der Waals surface area contributed by atoms with Gasteiger partial charge in [-0.25, -0.2) is 4.98 Å². The number of H-pyrrole nitrogens is 1. The Morgan fingerprint density at radius 2 is 2.11 bits per heavy atom. The van der Waals surface area contributed by atoms with Gasteiger partial charge in [0.1, 0.15) is 5.82 Å². The molecule has 0 amide bonds. The van der Waals surface area contributed by atoms with Crippen LogP contribution in [0.4, 0.5) is 0 Å². The minimum absolute atomic E-state index is 0.540. The molecule has 1 aromatic carbocycles. The van der Waals surface area contributed by atoms with Crippen molar-refractivity contribution in [3.63, 3.8) is 0 Å². The summed E-state index contributed by atoms with van der Waals surface area (Å²) in [7, 11) is 0. The minimum atomic E-state index is 0.540. The van der Waals surface area contributed by atoms with E-state index >= 15 is 0 Å². The molecular formula is C14H10Cl2N2S. The minimum Gasteiger partial charge on any atom is -0.348 e. The van der Waals surface area contributed by atoms with Gasteiger partial charge in [0.25, 0.3) is 0 Å². The highest BCUT2D eigenvalue weighted by Crippen LogP contribution is 2.32. The lowest BCUT2D eigenvalue weighted by atomic mass is 10.2. The van der Waals surface area contributed by atoms with Gasteiger partial charge in [-0.2, -0.15) is 11.3 Å². The Balaban J connectivity index is 1.91. The van der Waals surface area contributed by atoms with Crippen molar-refractivity contribution in [2.45, 2.75) is 6.42 Å². The molecule has 0 radical (unpaired) electrons. The fraction of sp³-hybridized carbons (Fsp3) is 0.0714. The summed E-state index contributed by atoms with van der Waals surface area (Å²) in [6.07, 6.45) is 2.65. The number of nitrogens with one attached hydrogen (secondary N) is 1. The van der Waals surface area contributed by atoms with Gasteiger partial charge in [-0.1, -0.05) is 35.3 Å². The summed E-state index contributed by atoms with van der Waals surface area (Å²) in [5, 5.41) is 5.26. The van der Waals surface area contributed by atoms with E-state index in [-0.39, 0.29) is 0 Å². The lowest BCUT2D eigenvalue weighted by Gasteiger charge is -2.01. The molecule has 5 heteroatoms. The van der Waals surface area contributed by atoms with Crippen LogP contribution in [0, 0.1) is 0 Å². The Kier molecular flexibility index (Phi) is 3.60. The zero-order valence-corrected chi connectivity index (χ0v) is 12.2. The number of hydrogen-bond acceptors (Lipinski definition) is 2. The Bertz CT molecular complexity index is 689. The van der Waals surface area contributed by atoms with Gasteiger partial charge in [-0.3, -0.25) is 0 Å². The van der Waals surface area contributed by atoms with E-state index in [9.17, 15) is 0 Å². The molecule has 0 aliphatic rings. The molecule has 1 N–H and O–H groups in total. The van der Waals surface area contributed by atoms with E-state index in [1.165, 1.54) is 5.56 Å². The van der Waals surface area contributed by atoms with Crippen LogP contribution in [0.15, 0.2) is 41.2 Å². The number of rotatable bonds is 3. The monoisotopic (exact) mass is 308 g/mol. The first-order chi connectivity index (χ1) is 9.24. The van der Waals surface area contributed by atoms with E-state index in [2.05, 4.69) is 26.8 Å². The predicted octanol–water partition coefficient (Wildman–Crippen LogP) is 5.04. The van der Waals surface area contributed by atoms with Crippen LogP contribution in [0.5, 0.6) is 0 Å². The molecule has 0 spiro atoms. The fourth-order valence-corrected chi connectivity index (χ4v) is 2.94. The summed E-state index contributed by atoms with van der Waals surface area (Å²) >= 11 is 13.9. The first kappa shape index (κ1) is 12.7. The fourth-order valence-electron chi connectivity index (χ4n) is 1.88. The van der Waals surface area contributed by atoms with Gasteiger partial charge in [-0.15, -0.1) is 0 Å². The Morgan fingerprint density at radius 3 is 2.89 bits per heavy atom. The van der Waals surface area contributed by atoms with Crippen molar-refractivity contribution in [3.05, 3.63) is 62.7 Å². The second-order valence-corrected chi connectivity index (χ2v) is 5.71. The van der Waals surface area contributed by atoms with Crippen LogP contribution in [-0.2, 0) is 6.42 Å². The van der Waals surface area contributed by atoms with Gasteiger partial charge in [0.2, 0.25) is 0 Å². The number of benzene rings is 1. The smallest absolute Gasteiger partial charge is 0.111 e. The number of imidazole rings is 1. The highest BCUT2D eigenvalue weighted by atomic mass is 35.5. The van der Waals surface area contributed by atoms with Crippen LogP contribution in [0.1, 0.15) is 11.4 Å². The number of aromatic nitrogens is 2. The molecule has 0 bridgehead atoms. The molecule has 0 unspecified atom stereocenters. The van der Waals surface area contributed by atoms with E-state index in [1.807, 2.05) is 18.3 Å². The summed E-state index contributed by atoms with van der Waals surface area (Å²) in [6.45, 7) is 0. The third kappa shape index (κ3) is 2.68. The quantitative estimate of drug-likeness (QED) is 0.721. The molecule has 3 aromatic rings. The predicted molar refractivity (Wildman–Crippen MR) is 81.2 cm³/mol. The Morgan fingerprint density at radius 1 is 1.21 bits per heavy atom. The molecule has 19 heavy (non-hydrogen) atoms. The van der Waals surface area contributed by atoms with Crippen molar-refractivity contribution in [1.82, 2.24) is 9.97 Å². The molecule has 0 saturated carbocycles. The Hall–Kier alpha value is -1.29. The highest BCUT2D eigenvalue weighted by Gasteiger charge is 2.10. The van der Waals surface area contributed by atoms with Gasteiger partial charge in [0.05, 0.1) is 15.7 Å². The van der Waals surface area contributed by atoms with Crippen molar-refractivity contribution in [2.75, 3.05) is 0 Å². The topological polar surface area (TPSA) is 28.7 Å². The average Bonchev–Trinajstić information content (AvgIpc) is 3.05. The average molecular weight is 309 g/mol. The van der Waals surface area contributed by atoms with Crippen molar-refractivity contribution in [1.29, 1.82) is 0 Å². The molecule has 0 fully saturated rings. The lowest BCUT2D eigenvalue weighted by molar-refractivity contribution is 1.03. The van der Waals surface area contributed by atoms with Crippen molar-refractivity contribution >= 4 is 34.5 Å². The first-order valence-corrected chi connectivity index (χ1v) is 7.43. The zero-order valence-electron chi connectivity index (χ0n) is 9.86. The number of halogens is 2. The lowest BCUT2D eigenvalue weighted by Crippen LogP contribution is -1.88. The summed E-state index contributed by atoms with van der Waals surface area (Å²) in [4.78, 5) is 7.74. The summed E-state index contributed by atoms with van der Waals surface area (Å²) in [5.41, 5.74) is 2.92. The van der Waals surface area contributed by atoms with Gasteiger partial charge in [0.15, 0.2) is 0 Å². The third-order valence-corrected chi connectivity index (χ3v) is 4.36. The number of hydrogen-bond donors (Lipinski definition) is 1. The summed E-state index contributed by atoms with van der Waals surface area (Å²) in [6, 6.07) is 7.65. The van der Waals surface area contributed by atoms with Crippen LogP contribution in [0.25, 0.3) is 11.3 Å². The van der Waals surface area contributed by atoms with Crippen LogP contribution < -0.4 is 0 Å². The maximum absolute atomic E-state index is 6.20. The molecule has 0 aliphatic heterocycles. The Labute approximate surface area is 125 Å². The van der Waals surface area contributed by atoms with Crippen LogP contribution >= 0.6 is 34.5 Å². The standard InChI is InChI=1S/C14H10Cl2N2S/c15-11-3-1-2-10(14(11)16)12-7-17-13(18-12)6-9-4-5-19-8-9/h1-5,7-8H,6H2,(H,17,18). The van der Waals surface area contributed by atoms with Crippen LogP contribution in [0.2, 0.25) is 10.0 Å². The van der Waals surface area contributed by atoms with E-state index in [1.54, 1.807) is 17.4 Å². The second-order valence-electron chi connectivity index (χ2n) is 4.14. The van der Waals surface area contributed by atoms with Crippen LogP contribution in [0.3, 0.4) is 0 Å². The largest absolute Gasteiger partial charge is 0.348 e. The molecule has 0 aliphatic carbocycles. The first-order valence-electron chi connectivity index (χ1n) is 5.74. The maximum Gasteiger partial charge on any atom is 0.111 e. The SMILES string of the molecule is Clc1cccc(-c2c[nH]c(Cc3ccsc3)n2)c1Cl. The van der Waals surface area contributed by atoms with Gasteiger partial charge in [0, 0.05) is 18.2 Å². The number of thiophene rings is 1. The molecule has 0 saturated heterocycles. The van der Waals surface area contributed by atoms with E-state index < -0.39 is 0 Å². The number of nitrogens with zero attached hydrogens (tertiary/aromatic N) is 1. The highest BCUT2D eigenvalue weighted by molar-refractivity contribution is 7.07. The van der Waals surface area contributed by atoms with Crippen molar-refractivity contribution < 1.29 is 0 Å². The van der Waals surface area contributed by atoms with Gasteiger partial charge in [-0.05, 0) is 28.5 Å². The molecule has 2 aromatic heterocycles. The molecule has 96 valence electrons. The molecule has 2 heterocycles. The number of aromatic amines is 1.